The van der Waals surface area contributed by atoms with Crippen LogP contribution in [0.2, 0.25) is 0 Å². The third-order valence-corrected chi connectivity index (χ3v) is 2.61. The van der Waals surface area contributed by atoms with Crippen molar-refractivity contribution < 1.29 is 14.2 Å². The molecule has 4 heteroatoms. The molecule has 0 saturated heterocycles. The molecule has 0 bridgehead atoms. The second-order valence-electron chi connectivity index (χ2n) is 4.20. The summed E-state index contributed by atoms with van der Waals surface area (Å²) in [6, 6.07) is 8.12. The van der Waals surface area contributed by atoms with Crippen molar-refractivity contribution in [3.8, 4) is 0 Å². The molecule has 1 unspecified atom stereocenters. The summed E-state index contributed by atoms with van der Waals surface area (Å²) in [7, 11) is 1.65. The molecule has 0 aliphatic rings. The maximum atomic E-state index is 6.02. The summed E-state index contributed by atoms with van der Waals surface area (Å²) in [4.78, 5) is 0. The molecular weight excluding hydrogens is 230 g/mol. The van der Waals surface area contributed by atoms with Gasteiger partial charge in [0.25, 0.3) is 0 Å². The fraction of sp³-hybridized carbons (Fsp3) is 0.571. The molecule has 1 aromatic rings. The fourth-order valence-corrected chi connectivity index (χ4v) is 1.48. The van der Waals surface area contributed by atoms with Gasteiger partial charge in [0.1, 0.15) is 0 Å². The zero-order valence-electron chi connectivity index (χ0n) is 11.2. The summed E-state index contributed by atoms with van der Waals surface area (Å²) in [5.74, 6) is 0. The van der Waals surface area contributed by atoms with E-state index in [0.29, 0.717) is 33.0 Å². The average molecular weight is 253 g/mol. The number of rotatable bonds is 9. The van der Waals surface area contributed by atoms with Crippen LogP contribution in [0.3, 0.4) is 0 Å². The number of aryl methyl sites for hydroxylation is 1. The van der Waals surface area contributed by atoms with Crippen LogP contribution in [0.5, 0.6) is 0 Å². The van der Waals surface area contributed by atoms with Gasteiger partial charge in [-0.05, 0) is 12.5 Å². The van der Waals surface area contributed by atoms with Gasteiger partial charge in [-0.25, -0.2) is 0 Å². The average Bonchev–Trinajstić information content (AvgIpc) is 2.38. The van der Waals surface area contributed by atoms with Gasteiger partial charge in [0.05, 0.1) is 39.1 Å². The van der Waals surface area contributed by atoms with Gasteiger partial charge < -0.3 is 19.9 Å². The van der Waals surface area contributed by atoms with Crippen LogP contribution in [0.15, 0.2) is 24.3 Å². The molecule has 0 spiro atoms. The van der Waals surface area contributed by atoms with Crippen LogP contribution >= 0.6 is 0 Å². The van der Waals surface area contributed by atoms with Crippen LogP contribution in [-0.4, -0.2) is 40.1 Å². The van der Waals surface area contributed by atoms with E-state index < -0.39 is 0 Å². The molecule has 4 nitrogen and oxygen atoms in total. The normalized spacial score (nSPS) is 12.6. The van der Waals surface area contributed by atoms with Crippen LogP contribution in [0, 0.1) is 6.92 Å². The van der Waals surface area contributed by atoms with Crippen molar-refractivity contribution in [1.29, 1.82) is 0 Å². The van der Waals surface area contributed by atoms with Gasteiger partial charge in [0, 0.05) is 7.11 Å². The van der Waals surface area contributed by atoms with E-state index >= 15 is 0 Å². The highest BCUT2D eigenvalue weighted by Gasteiger charge is 2.05. The molecule has 0 saturated carbocycles. The highest BCUT2D eigenvalue weighted by Crippen LogP contribution is 2.11. The maximum Gasteiger partial charge on any atom is 0.0701 e. The molecule has 1 rings (SSSR count). The lowest BCUT2D eigenvalue weighted by molar-refractivity contribution is 0.0216. The lowest BCUT2D eigenvalue weighted by Crippen LogP contribution is -2.19. The van der Waals surface area contributed by atoms with Gasteiger partial charge >= 0.3 is 0 Å². The summed E-state index contributed by atoms with van der Waals surface area (Å²) in [6.07, 6.45) is 0. The van der Waals surface area contributed by atoms with Crippen molar-refractivity contribution in [2.24, 2.45) is 5.73 Å². The largest absolute Gasteiger partial charge is 0.382 e. The molecular formula is C14H23NO3. The van der Waals surface area contributed by atoms with Gasteiger partial charge in [-0.2, -0.15) is 0 Å². The zero-order valence-corrected chi connectivity index (χ0v) is 11.2. The summed E-state index contributed by atoms with van der Waals surface area (Å²) in [5.41, 5.74) is 8.35. The minimum atomic E-state index is -0.0791. The summed E-state index contributed by atoms with van der Waals surface area (Å²) in [5, 5.41) is 0. The Bertz CT molecular complexity index is 313. The van der Waals surface area contributed by atoms with Crippen LogP contribution in [0.1, 0.15) is 17.2 Å². The minimum absolute atomic E-state index is 0.0791. The molecule has 1 atom stereocenters. The van der Waals surface area contributed by atoms with Gasteiger partial charge in [-0.1, -0.05) is 29.8 Å². The highest BCUT2D eigenvalue weighted by molar-refractivity contribution is 5.23. The van der Waals surface area contributed by atoms with Crippen LogP contribution in [0.4, 0.5) is 0 Å². The van der Waals surface area contributed by atoms with E-state index in [4.69, 9.17) is 19.9 Å². The molecule has 0 amide bonds. The third kappa shape index (κ3) is 6.12. The quantitative estimate of drug-likeness (QED) is 0.680. The van der Waals surface area contributed by atoms with E-state index in [2.05, 4.69) is 19.1 Å². The zero-order chi connectivity index (χ0) is 13.2. The van der Waals surface area contributed by atoms with Crippen molar-refractivity contribution in [2.75, 3.05) is 40.1 Å². The van der Waals surface area contributed by atoms with E-state index in [-0.39, 0.29) is 6.04 Å². The molecule has 0 heterocycles. The SMILES string of the molecule is COCCOCCOCC(N)c1ccc(C)cc1. The number of ether oxygens (including phenoxy) is 3. The first-order chi connectivity index (χ1) is 8.74. The first-order valence-electron chi connectivity index (χ1n) is 6.20. The third-order valence-electron chi connectivity index (χ3n) is 2.61. The van der Waals surface area contributed by atoms with Crippen molar-refractivity contribution in [2.45, 2.75) is 13.0 Å². The van der Waals surface area contributed by atoms with Crippen LogP contribution in [-0.2, 0) is 14.2 Å². The number of methoxy groups -OCH3 is 1. The predicted molar refractivity (Wildman–Crippen MR) is 71.6 cm³/mol. The van der Waals surface area contributed by atoms with E-state index in [0.717, 1.165) is 5.56 Å². The van der Waals surface area contributed by atoms with E-state index in [1.54, 1.807) is 7.11 Å². The number of benzene rings is 1. The summed E-state index contributed by atoms with van der Waals surface area (Å²) < 4.78 is 15.6. The monoisotopic (exact) mass is 253 g/mol. The standard InChI is InChI=1S/C14H23NO3/c1-12-3-5-13(6-4-12)14(15)11-18-10-9-17-8-7-16-2/h3-6,14H,7-11,15H2,1-2H3. The van der Waals surface area contributed by atoms with Crippen molar-refractivity contribution >= 4 is 0 Å². The van der Waals surface area contributed by atoms with Crippen molar-refractivity contribution in [3.63, 3.8) is 0 Å². The molecule has 102 valence electrons. The van der Waals surface area contributed by atoms with Crippen molar-refractivity contribution in [3.05, 3.63) is 35.4 Å². The Morgan fingerprint density at radius 3 is 2.28 bits per heavy atom. The first-order valence-corrected chi connectivity index (χ1v) is 6.20. The van der Waals surface area contributed by atoms with E-state index in [9.17, 15) is 0 Å². The second-order valence-corrected chi connectivity index (χ2v) is 4.20. The Hall–Kier alpha value is -0.940. The Kier molecular flexibility index (Phi) is 7.60. The lowest BCUT2D eigenvalue weighted by atomic mass is 10.1. The molecule has 0 radical (unpaired) electrons. The molecule has 2 N–H and O–H groups in total. The number of hydrogen-bond acceptors (Lipinski definition) is 4. The second kappa shape index (κ2) is 9.05. The maximum absolute atomic E-state index is 6.02. The van der Waals surface area contributed by atoms with E-state index in [1.807, 2.05) is 12.1 Å². The molecule has 0 fully saturated rings. The Labute approximate surface area is 109 Å². The smallest absolute Gasteiger partial charge is 0.0701 e. The molecule has 18 heavy (non-hydrogen) atoms. The van der Waals surface area contributed by atoms with Gasteiger partial charge in [-0.3, -0.25) is 0 Å². The Morgan fingerprint density at radius 2 is 1.61 bits per heavy atom. The number of hydrogen-bond donors (Lipinski definition) is 1. The van der Waals surface area contributed by atoms with Gasteiger partial charge in [0.2, 0.25) is 0 Å². The Morgan fingerprint density at radius 1 is 1.00 bits per heavy atom. The van der Waals surface area contributed by atoms with Gasteiger partial charge in [0.15, 0.2) is 0 Å². The Balaban J connectivity index is 2.10. The molecule has 0 aromatic heterocycles. The topological polar surface area (TPSA) is 53.7 Å². The van der Waals surface area contributed by atoms with Gasteiger partial charge in [-0.15, -0.1) is 0 Å². The van der Waals surface area contributed by atoms with Crippen LogP contribution in [0.25, 0.3) is 0 Å². The molecule has 0 aliphatic carbocycles. The highest BCUT2D eigenvalue weighted by atomic mass is 16.5. The lowest BCUT2D eigenvalue weighted by Gasteiger charge is -2.13. The van der Waals surface area contributed by atoms with Crippen LogP contribution < -0.4 is 5.73 Å². The number of nitrogens with two attached hydrogens (primary N) is 1. The van der Waals surface area contributed by atoms with E-state index in [1.165, 1.54) is 5.56 Å². The molecule has 0 aliphatic heterocycles. The first kappa shape index (κ1) is 15.1. The minimum Gasteiger partial charge on any atom is -0.382 e. The summed E-state index contributed by atoms with van der Waals surface area (Å²) in [6.45, 7) is 4.92. The molecule has 1 aromatic carbocycles. The van der Waals surface area contributed by atoms with Crippen molar-refractivity contribution in [1.82, 2.24) is 0 Å². The summed E-state index contributed by atoms with van der Waals surface area (Å²) >= 11 is 0. The fourth-order valence-electron chi connectivity index (χ4n) is 1.48. The predicted octanol–water partition coefficient (Wildman–Crippen LogP) is 1.67.